The van der Waals surface area contributed by atoms with Crippen molar-refractivity contribution >= 4 is 41.2 Å². The lowest BCUT2D eigenvalue weighted by Gasteiger charge is -2.16. The Morgan fingerprint density at radius 1 is 1.16 bits per heavy atom. The molecule has 2 aromatic carbocycles. The summed E-state index contributed by atoms with van der Waals surface area (Å²) in [5, 5.41) is 3.56. The molecule has 0 aromatic heterocycles. The van der Waals surface area contributed by atoms with Gasteiger partial charge in [0, 0.05) is 12.1 Å². The number of ether oxygens (including phenoxy) is 2. The number of amides is 3. The number of halogens is 2. The van der Waals surface area contributed by atoms with Crippen LogP contribution in [0.3, 0.4) is 0 Å². The first kappa shape index (κ1) is 23.7. The molecule has 0 radical (unpaired) electrons. The van der Waals surface area contributed by atoms with Crippen molar-refractivity contribution in [3.8, 4) is 11.5 Å². The number of nitrogens with zero attached hydrogens (tertiary/aromatic N) is 1. The minimum atomic E-state index is -0.414. The van der Waals surface area contributed by atoms with Crippen LogP contribution in [0.4, 0.5) is 4.79 Å². The number of hydrogen-bond donors (Lipinski definition) is 1. The van der Waals surface area contributed by atoms with Crippen LogP contribution in [-0.2, 0) is 17.8 Å². The lowest BCUT2D eigenvalue weighted by atomic mass is 10.0. The van der Waals surface area contributed by atoms with Crippen LogP contribution in [0.1, 0.15) is 30.0 Å². The number of carbonyl (C=O) groups is 2. The molecule has 0 bridgehead atoms. The SMILES string of the molecule is C=CCc1cc(/C=C2/NC(=O)N(CCC)C2=O)cc(OC)c1OCc1ccc(Cl)c(Cl)c1. The minimum Gasteiger partial charge on any atom is -0.493 e. The van der Waals surface area contributed by atoms with Crippen molar-refractivity contribution in [2.24, 2.45) is 0 Å². The van der Waals surface area contributed by atoms with Gasteiger partial charge in [0.25, 0.3) is 5.91 Å². The molecule has 1 saturated heterocycles. The van der Waals surface area contributed by atoms with Gasteiger partial charge in [-0.1, -0.05) is 42.3 Å². The molecule has 32 heavy (non-hydrogen) atoms. The first-order valence-corrected chi connectivity index (χ1v) is 10.9. The van der Waals surface area contributed by atoms with E-state index in [1.165, 1.54) is 4.90 Å². The average molecular weight is 475 g/mol. The van der Waals surface area contributed by atoms with Crippen LogP contribution in [-0.4, -0.2) is 30.5 Å². The largest absolute Gasteiger partial charge is 0.493 e. The summed E-state index contributed by atoms with van der Waals surface area (Å²) in [7, 11) is 1.54. The molecule has 1 aliphatic rings. The summed E-state index contributed by atoms with van der Waals surface area (Å²) in [5.41, 5.74) is 2.60. The molecule has 0 unspecified atom stereocenters. The van der Waals surface area contributed by atoms with Crippen molar-refractivity contribution in [1.82, 2.24) is 10.2 Å². The molecule has 1 N–H and O–H groups in total. The van der Waals surface area contributed by atoms with E-state index in [1.54, 1.807) is 37.5 Å². The Bertz CT molecular complexity index is 1080. The zero-order valence-corrected chi connectivity index (χ0v) is 19.4. The fourth-order valence-electron chi connectivity index (χ4n) is 3.34. The molecule has 2 aromatic rings. The molecule has 0 saturated carbocycles. The zero-order chi connectivity index (χ0) is 23.3. The van der Waals surface area contributed by atoms with E-state index >= 15 is 0 Å². The molecular formula is C24H24Cl2N2O4. The summed E-state index contributed by atoms with van der Waals surface area (Å²) in [6, 6.07) is 8.52. The molecule has 1 fully saturated rings. The quantitative estimate of drug-likeness (QED) is 0.291. The molecule has 168 valence electrons. The Morgan fingerprint density at radius 2 is 1.94 bits per heavy atom. The highest BCUT2D eigenvalue weighted by Gasteiger charge is 2.32. The monoisotopic (exact) mass is 474 g/mol. The van der Waals surface area contributed by atoms with Gasteiger partial charge in [-0.3, -0.25) is 9.69 Å². The highest BCUT2D eigenvalue weighted by Crippen LogP contribution is 2.35. The fraction of sp³-hybridized carbons (Fsp3) is 0.250. The van der Waals surface area contributed by atoms with E-state index in [0.717, 1.165) is 11.1 Å². The van der Waals surface area contributed by atoms with Crippen LogP contribution < -0.4 is 14.8 Å². The van der Waals surface area contributed by atoms with Crippen molar-refractivity contribution in [1.29, 1.82) is 0 Å². The van der Waals surface area contributed by atoms with E-state index in [4.69, 9.17) is 32.7 Å². The maximum Gasteiger partial charge on any atom is 0.329 e. The van der Waals surface area contributed by atoms with Gasteiger partial charge in [0.2, 0.25) is 0 Å². The second-order valence-corrected chi connectivity index (χ2v) is 8.00. The summed E-state index contributed by atoms with van der Waals surface area (Å²) in [6.07, 6.45) is 4.60. The Hall–Kier alpha value is -2.96. The smallest absolute Gasteiger partial charge is 0.329 e. The van der Waals surface area contributed by atoms with E-state index in [0.29, 0.717) is 46.5 Å². The van der Waals surface area contributed by atoms with Crippen LogP contribution in [0.25, 0.3) is 6.08 Å². The Labute approximate surface area is 197 Å². The molecular weight excluding hydrogens is 451 g/mol. The lowest BCUT2D eigenvalue weighted by molar-refractivity contribution is -0.122. The second-order valence-electron chi connectivity index (χ2n) is 7.19. The van der Waals surface area contributed by atoms with Gasteiger partial charge in [0.1, 0.15) is 12.3 Å². The third-order valence-corrected chi connectivity index (χ3v) is 5.57. The van der Waals surface area contributed by atoms with Crippen molar-refractivity contribution in [2.75, 3.05) is 13.7 Å². The number of imide groups is 1. The first-order chi connectivity index (χ1) is 15.4. The molecule has 0 spiro atoms. The Kier molecular flexibility index (Phi) is 7.83. The molecule has 0 aliphatic carbocycles. The van der Waals surface area contributed by atoms with Crippen molar-refractivity contribution < 1.29 is 19.1 Å². The van der Waals surface area contributed by atoms with Crippen LogP contribution in [0.2, 0.25) is 10.0 Å². The number of allylic oxidation sites excluding steroid dienone is 1. The summed E-state index contributed by atoms with van der Waals surface area (Å²) in [4.78, 5) is 25.8. The molecule has 0 atom stereocenters. The van der Waals surface area contributed by atoms with Crippen LogP contribution in [0.15, 0.2) is 48.7 Å². The van der Waals surface area contributed by atoms with Gasteiger partial charge in [-0.2, -0.15) is 0 Å². The Balaban J connectivity index is 1.91. The minimum absolute atomic E-state index is 0.222. The van der Waals surface area contributed by atoms with Gasteiger partial charge >= 0.3 is 6.03 Å². The number of hydrogen-bond acceptors (Lipinski definition) is 4. The van der Waals surface area contributed by atoms with Gasteiger partial charge in [0.15, 0.2) is 11.5 Å². The van der Waals surface area contributed by atoms with Crippen molar-refractivity contribution in [3.05, 3.63) is 75.4 Å². The number of rotatable bonds is 9. The van der Waals surface area contributed by atoms with Gasteiger partial charge in [-0.15, -0.1) is 6.58 Å². The zero-order valence-electron chi connectivity index (χ0n) is 17.9. The van der Waals surface area contributed by atoms with Gasteiger partial charge in [0.05, 0.1) is 17.2 Å². The lowest BCUT2D eigenvalue weighted by Crippen LogP contribution is -2.31. The second kappa shape index (κ2) is 10.6. The third-order valence-electron chi connectivity index (χ3n) is 4.83. The molecule has 3 rings (SSSR count). The summed E-state index contributed by atoms with van der Waals surface area (Å²) in [6.45, 7) is 6.36. The third kappa shape index (κ3) is 5.26. The predicted molar refractivity (Wildman–Crippen MR) is 126 cm³/mol. The van der Waals surface area contributed by atoms with E-state index in [-0.39, 0.29) is 18.2 Å². The highest BCUT2D eigenvalue weighted by molar-refractivity contribution is 6.42. The number of methoxy groups -OCH3 is 1. The molecule has 8 heteroatoms. The molecule has 1 aliphatic heterocycles. The first-order valence-electron chi connectivity index (χ1n) is 10.1. The van der Waals surface area contributed by atoms with E-state index in [9.17, 15) is 9.59 Å². The number of benzene rings is 2. The molecule has 3 amide bonds. The fourth-order valence-corrected chi connectivity index (χ4v) is 3.66. The average Bonchev–Trinajstić information content (AvgIpc) is 3.03. The van der Waals surface area contributed by atoms with Gasteiger partial charge in [-0.05, 0) is 54.3 Å². The number of carbonyl (C=O) groups excluding carboxylic acids is 2. The topological polar surface area (TPSA) is 67.9 Å². The summed E-state index contributed by atoms with van der Waals surface area (Å²) < 4.78 is 11.6. The summed E-state index contributed by atoms with van der Waals surface area (Å²) >= 11 is 12.1. The van der Waals surface area contributed by atoms with E-state index in [2.05, 4.69) is 11.9 Å². The van der Waals surface area contributed by atoms with Crippen LogP contribution in [0, 0.1) is 0 Å². The predicted octanol–water partition coefficient (Wildman–Crippen LogP) is 5.61. The van der Waals surface area contributed by atoms with Crippen LogP contribution >= 0.6 is 23.2 Å². The molecule has 1 heterocycles. The molecule has 6 nitrogen and oxygen atoms in total. The maximum absolute atomic E-state index is 12.5. The highest BCUT2D eigenvalue weighted by atomic mass is 35.5. The number of urea groups is 1. The van der Waals surface area contributed by atoms with Gasteiger partial charge < -0.3 is 14.8 Å². The normalized spacial score (nSPS) is 14.6. The summed E-state index contributed by atoms with van der Waals surface area (Å²) in [5.74, 6) is 0.717. The Morgan fingerprint density at radius 3 is 2.59 bits per heavy atom. The number of nitrogens with one attached hydrogen (secondary N) is 1. The maximum atomic E-state index is 12.5. The van der Waals surface area contributed by atoms with E-state index < -0.39 is 6.03 Å². The van der Waals surface area contributed by atoms with E-state index in [1.807, 2.05) is 19.1 Å². The standard InChI is InChI=1S/C24H24Cl2N2O4/c1-4-6-17-10-16(12-20-23(29)28(9-5-2)24(30)27-20)13-21(31-3)22(17)32-14-15-7-8-18(25)19(26)11-15/h4,7-8,10-13H,1,5-6,9,14H2,2-3H3,(H,27,30)/b20-12+. The van der Waals surface area contributed by atoms with Crippen molar-refractivity contribution in [3.63, 3.8) is 0 Å². The van der Waals surface area contributed by atoms with Gasteiger partial charge in [-0.25, -0.2) is 4.79 Å². The van der Waals surface area contributed by atoms with Crippen molar-refractivity contribution in [2.45, 2.75) is 26.4 Å². The van der Waals surface area contributed by atoms with Crippen LogP contribution in [0.5, 0.6) is 11.5 Å².